The second-order valence-corrected chi connectivity index (χ2v) is 16.4. The Bertz CT molecular complexity index is 221. The van der Waals surface area contributed by atoms with Gasteiger partial charge in [-0.15, -0.1) is 30.6 Å². The lowest BCUT2D eigenvalue weighted by molar-refractivity contribution is 1.45. The molecule has 0 fully saturated rings. The molecule has 60 valence electrons. The molecule has 0 saturated carbocycles. The molecule has 0 heterocycles. The van der Waals surface area contributed by atoms with E-state index >= 15 is 0 Å². The SMILES string of the molecule is CC[Si](Br)(Br)c1ccccc1. The molecule has 0 spiro atoms. The topological polar surface area (TPSA) is 0 Å². The molecule has 0 bridgehead atoms. The summed E-state index contributed by atoms with van der Waals surface area (Å²) in [4.78, 5) is 0. The van der Waals surface area contributed by atoms with E-state index in [9.17, 15) is 0 Å². The van der Waals surface area contributed by atoms with Gasteiger partial charge in [-0.05, 0) is 11.2 Å². The Labute approximate surface area is 84.2 Å². The van der Waals surface area contributed by atoms with E-state index in [-0.39, 0.29) is 0 Å². The molecule has 3 heteroatoms. The molecule has 0 amide bonds. The number of benzene rings is 1. The van der Waals surface area contributed by atoms with Crippen molar-refractivity contribution >= 4 is 41.1 Å². The Morgan fingerprint density at radius 3 is 2.18 bits per heavy atom. The lowest BCUT2D eigenvalue weighted by Crippen LogP contribution is -2.33. The Morgan fingerprint density at radius 2 is 1.73 bits per heavy atom. The zero-order valence-corrected chi connectivity index (χ0v) is 10.5. The number of rotatable bonds is 2. The molecule has 1 aromatic carbocycles. The molecular formula is C8H10Br2Si. The summed E-state index contributed by atoms with van der Waals surface area (Å²) in [7, 11) is 0. The van der Waals surface area contributed by atoms with Crippen molar-refractivity contribution in [2.75, 3.05) is 0 Å². The van der Waals surface area contributed by atoms with Crippen LogP contribution in [-0.2, 0) is 0 Å². The monoisotopic (exact) mass is 292 g/mol. The summed E-state index contributed by atoms with van der Waals surface area (Å²) in [6, 6.07) is 11.7. The molecule has 0 aliphatic carbocycles. The molecule has 0 aromatic heterocycles. The van der Waals surface area contributed by atoms with Crippen LogP contribution < -0.4 is 5.19 Å². The van der Waals surface area contributed by atoms with Crippen molar-refractivity contribution in [2.24, 2.45) is 0 Å². The first kappa shape index (κ1) is 9.48. The van der Waals surface area contributed by atoms with Gasteiger partial charge in [0.25, 0.3) is 0 Å². The van der Waals surface area contributed by atoms with Crippen LogP contribution in [0, 0.1) is 0 Å². The van der Waals surface area contributed by atoms with Gasteiger partial charge in [0.2, 0.25) is 5.31 Å². The Morgan fingerprint density at radius 1 is 1.18 bits per heavy atom. The quantitative estimate of drug-likeness (QED) is 0.580. The second kappa shape index (κ2) is 3.87. The Hall–Kier alpha value is 0.397. The third-order valence-corrected chi connectivity index (χ3v) is 9.82. The van der Waals surface area contributed by atoms with E-state index in [2.05, 4.69) is 61.8 Å². The third kappa shape index (κ3) is 2.42. The molecule has 0 nitrogen and oxygen atoms in total. The van der Waals surface area contributed by atoms with E-state index in [4.69, 9.17) is 0 Å². The van der Waals surface area contributed by atoms with Crippen molar-refractivity contribution in [3.63, 3.8) is 0 Å². The molecule has 0 radical (unpaired) electrons. The molecule has 1 rings (SSSR count). The summed E-state index contributed by atoms with van der Waals surface area (Å²) in [5, 5.41) is -0.0233. The summed E-state index contributed by atoms with van der Waals surface area (Å²) in [6.45, 7) is 2.20. The molecule has 11 heavy (non-hydrogen) atoms. The first-order valence-corrected chi connectivity index (χ1v) is 10.3. The van der Waals surface area contributed by atoms with Crippen LogP contribution in [0.15, 0.2) is 30.3 Å². The molecule has 0 atom stereocenters. The van der Waals surface area contributed by atoms with Gasteiger partial charge in [0.1, 0.15) is 0 Å². The molecular weight excluding hydrogens is 284 g/mol. The van der Waals surface area contributed by atoms with Gasteiger partial charge in [0.15, 0.2) is 0 Å². The van der Waals surface area contributed by atoms with Gasteiger partial charge in [-0.3, -0.25) is 0 Å². The van der Waals surface area contributed by atoms with Crippen LogP contribution in [0.25, 0.3) is 0 Å². The average Bonchev–Trinajstić information content (AvgIpc) is 2.06. The first-order valence-electron chi connectivity index (χ1n) is 3.60. The van der Waals surface area contributed by atoms with Crippen molar-refractivity contribution in [3.8, 4) is 0 Å². The molecule has 1 aromatic rings. The van der Waals surface area contributed by atoms with Crippen molar-refractivity contribution in [3.05, 3.63) is 30.3 Å². The Balaban J connectivity index is 2.93. The van der Waals surface area contributed by atoms with Crippen molar-refractivity contribution in [1.29, 1.82) is 0 Å². The van der Waals surface area contributed by atoms with Crippen LogP contribution in [0.1, 0.15) is 6.92 Å². The maximum Gasteiger partial charge on any atom is 0.230 e. The molecule has 0 N–H and O–H groups in total. The van der Waals surface area contributed by atoms with Crippen LogP contribution in [0.3, 0.4) is 0 Å². The minimum Gasteiger partial charge on any atom is -0.105 e. The zero-order chi connectivity index (χ0) is 8.32. The van der Waals surface area contributed by atoms with Gasteiger partial charge in [-0.25, -0.2) is 0 Å². The lowest BCUT2D eigenvalue weighted by Gasteiger charge is -2.14. The van der Waals surface area contributed by atoms with E-state index in [0.29, 0.717) is 0 Å². The smallest absolute Gasteiger partial charge is 0.105 e. The van der Waals surface area contributed by atoms with Crippen molar-refractivity contribution < 1.29 is 0 Å². The maximum absolute atomic E-state index is 3.74. The second-order valence-electron chi connectivity index (χ2n) is 2.42. The van der Waals surface area contributed by atoms with Gasteiger partial charge >= 0.3 is 0 Å². The fraction of sp³-hybridized carbons (Fsp3) is 0.250. The maximum atomic E-state index is 3.74. The van der Waals surface area contributed by atoms with Gasteiger partial charge in [0, 0.05) is 0 Å². The van der Waals surface area contributed by atoms with Crippen molar-refractivity contribution in [1.82, 2.24) is 0 Å². The highest BCUT2D eigenvalue weighted by molar-refractivity contribution is 9.51. The van der Waals surface area contributed by atoms with E-state index < -0.39 is 5.31 Å². The molecule has 0 aliphatic rings. The third-order valence-electron chi connectivity index (χ3n) is 1.64. The molecule has 0 aliphatic heterocycles. The van der Waals surface area contributed by atoms with E-state index in [0.717, 1.165) is 6.04 Å². The highest BCUT2D eigenvalue weighted by Crippen LogP contribution is 2.23. The van der Waals surface area contributed by atoms with Crippen LogP contribution >= 0.6 is 30.6 Å². The standard InChI is InChI=1S/C8H10Br2Si/c1-2-11(9,10)8-6-4-3-5-7-8/h3-7H,2H2,1H3. The fourth-order valence-corrected chi connectivity index (χ4v) is 3.56. The fourth-order valence-electron chi connectivity index (χ4n) is 0.886. The van der Waals surface area contributed by atoms with E-state index in [1.165, 1.54) is 5.19 Å². The summed E-state index contributed by atoms with van der Waals surface area (Å²) < 4.78 is 0. The zero-order valence-electron chi connectivity index (χ0n) is 6.35. The largest absolute Gasteiger partial charge is 0.230 e. The number of hydrogen-bond acceptors (Lipinski definition) is 0. The minimum absolute atomic E-state index is 1.16. The average molecular weight is 294 g/mol. The van der Waals surface area contributed by atoms with Crippen LogP contribution in [0.2, 0.25) is 6.04 Å². The van der Waals surface area contributed by atoms with E-state index in [1.807, 2.05) is 6.07 Å². The Kier molecular flexibility index (Phi) is 3.34. The normalized spacial score (nSPS) is 11.5. The van der Waals surface area contributed by atoms with Crippen molar-refractivity contribution in [2.45, 2.75) is 13.0 Å². The summed E-state index contributed by atoms with van der Waals surface area (Å²) in [6.07, 6.45) is 0. The summed E-state index contributed by atoms with van der Waals surface area (Å²) in [5.74, 6) is 0. The summed E-state index contributed by atoms with van der Waals surface area (Å²) in [5.41, 5.74) is 0. The van der Waals surface area contributed by atoms with Crippen LogP contribution in [0.4, 0.5) is 0 Å². The lowest BCUT2D eigenvalue weighted by atomic mass is 10.4. The highest BCUT2D eigenvalue weighted by atomic mass is 79.9. The van der Waals surface area contributed by atoms with Gasteiger partial charge in [-0.1, -0.05) is 37.3 Å². The predicted molar refractivity (Wildman–Crippen MR) is 60.2 cm³/mol. The molecule has 0 unspecified atom stereocenters. The van der Waals surface area contributed by atoms with E-state index in [1.54, 1.807) is 0 Å². The summed E-state index contributed by atoms with van der Waals surface area (Å²) >= 11 is 7.49. The predicted octanol–water partition coefficient (Wildman–Crippen LogP) is 3.15. The highest BCUT2D eigenvalue weighted by Gasteiger charge is 2.25. The number of hydrogen-bond donors (Lipinski definition) is 0. The first-order chi connectivity index (χ1) is 5.17. The minimum atomic E-state index is -1.43. The van der Waals surface area contributed by atoms with Crippen LogP contribution in [-0.4, -0.2) is 5.31 Å². The van der Waals surface area contributed by atoms with Crippen LogP contribution in [0.5, 0.6) is 0 Å². The molecule has 0 saturated heterocycles. The number of halogens is 2. The van der Waals surface area contributed by atoms with Gasteiger partial charge in [-0.2, -0.15) is 0 Å². The van der Waals surface area contributed by atoms with Gasteiger partial charge < -0.3 is 0 Å². The van der Waals surface area contributed by atoms with Gasteiger partial charge in [0.05, 0.1) is 0 Å².